The van der Waals surface area contributed by atoms with Crippen LogP contribution in [-0.4, -0.2) is 42.1 Å². The van der Waals surface area contributed by atoms with E-state index in [2.05, 4.69) is 5.32 Å². The molecule has 4 heteroatoms. The Morgan fingerprint density at radius 2 is 1.90 bits per heavy atom. The van der Waals surface area contributed by atoms with Crippen LogP contribution < -0.4 is 10.1 Å². The summed E-state index contributed by atoms with van der Waals surface area (Å²) in [6.07, 6.45) is 0.220. The van der Waals surface area contributed by atoms with Crippen LogP contribution in [0.15, 0.2) is 42.5 Å². The molecule has 0 saturated carbocycles. The minimum absolute atomic E-state index is 0.0252. The molecule has 2 rings (SSSR count). The maximum atomic E-state index is 9.95. The summed E-state index contributed by atoms with van der Waals surface area (Å²) < 4.78 is 5.73. The van der Waals surface area contributed by atoms with Gasteiger partial charge in [0.15, 0.2) is 0 Å². The molecule has 114 valence electrons. The van der Waals surface area contributed by atoms with Gasteiger partial charge >= 0.3 is 0 Å². The van der Waals surface area contributed by atoms with Gasteiger partial charge in [-0.25, -0.2) is 0 Å². The van der Waals surface area contributed by atoms with Gasteiger partial charge in [0.2, 0.25) is 0 Å². The van der Waals surface area contributed by atoms with E-state index in [-0.39, 0.29) is 19.3 Å². The lowest BCUT2D eigenvalue weighted by atomic mass is 10.1. The molecule has 0 aromatic heterocycles. The number of rotatable bonds is 8. The molecular weight excluding hydrogens is 266 g/mol. The summed E-state index contributed by atoms with van der Waals surface area (Å²) in [5.41, 5.74) is 0. The minimum atomic E-state index is -0.607. The lowest BCUT2D eigenvalue weighted by molar-refractivity contribution is 0.100. The SMILES string of the molecule is CC[C@@H](CO)NC[C@@H](O)COc1cccc2ccccc12. The van der Waals surface area contributed by atoms with E-state index in [0.717, 1.165) is 22.9 Å². The number of benzene rings is 2. The van der Waals surface area contributed by atoms with E-state index in [4.69, 9.17) is 9.84 Å². The fraction of sp³-hybridized carbons (Fsp3) is 0.412. The second-order valence-corrected chi connectivity index (χ2v) is 5.14. The molecule has 0 fully saturated rings. The van der Waals surface area contributed by atoms with Crippen molar-refractivity contribution in [2.45, 2.75) is 25.5 Å². The molecular formula is C17H23NO3. The van der Waals surface area contributed by atoms with Gasteiger partial charge in [0.1, 0.15) is 18.5 Å². The largest absolute Gasteiger partial charge is 0.490 e. The van der Waals surface area contributed by atoms with Crippen LogP contribution in [0.5, 0.6) is 5.75 Å². The summed E-state index contributed by atoms with van der Waals surface area (Å²) in [6, 6.07) is 13.9. The molecule has 2 atom stereocenters. The van der Waals surface area contributed by atoms with E-state index in [9.17, 15) is 5.11 Å². The molecule has 0 amide bonds. The Morgan fingerprint density at radius 1 is 1.14 bits per heavy atom. The summed E-state index contributed by atoms with van der Waals surface area (Å²) in [4.78, 5) is 0. The maximum Gasteiger partial charge on any atom is 0.127 e. The lowest BCUT2D eigenvalue weighted by Crippen LogP contribution is -2.39. The highest BCUT2D eigenvalue weighted by atomic mass is 16.5. The van der Waals surface area contributed by atoms with Crippen LogP contribution in [0.25, 0.3) is 10.8 Å². The number of ether oxygens (including phenoxy) is 1. The van der Waals surface area contributed by atoms with Crippen molar-refractivity contribution in [3.05, 3.63) is 42.5 Å². The quantitative estimate of drug-likeness (QED) is 0.695. The number of fused-ring (bicyclic) bond motifs is 1. The van der Waals surface area contributed by atoms with Crippen LogP contribution in [0.3, 0.4) is 0 Å². The molecule has 2 aromatic carbocycles. The Bertz CT molecular complexity index is 549. The van der Waals surface area contributed by atoms with Gasteiger partial charge in [0.25, 0.3) is 0 Å². The van der Waals surface area contributed by atoms with Gasteiger partial charge in [-0.15, -0.1) is 0 Å². The standard InChI is InChI=1S/C17H23NO3/c1-2-14(11-19)18-10-15(20)12-21-17-9-5-7-13-6-3-4-8-16(13)17/h3-9,14-15,18-20H,2,10-12H2,1H3/t14-,15+/m0/s1. The van der Waals surface area contributed by atoms with Crippen LogP contribution in [-0.2, 0) is 0 Å². The smallest absolute Gasteiger partial charge is 0.127 e. The number of hydrogen-bond donors (Lipinski definition) is 3. The zero-order valence-corrected chi connectivity index (χ0v) is 12.3. The average molecular weight is 289 g/mol. The molecule has 21 heavy (non-hydrogen) atoms. The third-order valence-electron chi connectivity index (χ3n) is 3.54. The monoisotopic (exact) mass is 289 g/mol. The van der Waals surface area contributed by atoms with Gasteiger partial charge < -0.3 is 20.3 Å². The number of aliphatic hydroxyl groups is 2. The Hall–Kier alpha value is -1.62. The van der Waals surface area contributed by atoms with Crippen molar-refractivity contribution in [3.63, 3.8) is 0 Å². The summed E-state index contributed by atoms with van der Waals surface area (Å²) in [5, 5.41) is 24.3. The minimum Gasteiger partial charge on any atom is -0.490 e. The predicted molar refractivity (Wildman–Crippen MR) is 84.6 cm³/mol. The zero-order chi connectivity index (χ0) is 15.1. The van der Waals surface area contributed by atoms with Crippen LogP contribution in [0.1, 0.15) is 13.3 Å². The van der Waals surface area contributed by atoms with Gasteiger partial charge in [0.05, 0.1) is 6.61 Å². The molecule has 0 aliphatic carbocycles. The molecule has 0 radical (unpaired) electrons. The van der Waals surface area contributed by atoms with E-state index in [1.54, 1.807) is 0 Å². The topological polar surface area (TPSA) is 61.7 Å². The molecule has 0 spiro atoms. The molecule has 0 unspecified atom stereocenters. The van der Waals surface area contributed by atoms with Crippen molar-refractivity contribution in [3.8, 4) is 5.75 Å². The van der Waals surface area contributed by atoms with E-state index in [1.165, 1.54) is 0 Å². The number of hydrogen-bond acceptors (Lipinski definition) is 4. The van der Waals surface area contributed by atoms with E-state index in [0.29, 0.717) is 6.54 Å². The van der Waals surface area contributed by atoms with Crippen molar-refractivity contribution >= 4 is 10.8 Å². The third kappa shape index (κ3) is 4.43. The molecule has 0 aliphatic rings. The molecule has 0 saturated heterocycles. The van der Waals surface area contributed by atoms with Gasteiger partial charge in [-0.3, -0.25) is 0 Å². The highest BCUT2D eigenvalue weighted by Gasteiger charge is 2.10. The molecule has 0 heterocycles. The normalized spacial score (nSPS) is 14.0. The van der Waals surface area contributed by atoms with Crippen LogP contribution in [0, 0.1) is 0 Å². The van der Waals surface area contributed by atoms with Gasteiger partial charge in [0, 0.05) is 18.0 Å². The fourth-order valence-electron chi connectivity index (χ4n) is 2.21. The van der Waals surface area contributed by atoms with Crippen molar-refractivity contribution in [1.82, 2.24) is 5.32 Å². The van der Waals surface area contributed by atoms with Crippen molar-refractivity contribution in [2.24, 2.45) is 0 Å². The third-order valence-corrected chi connectivity index (χ3v) is 3.54. The second kappa shape index (κ2) is 7.98. The molecule has 2 aromatic rings. The van der Waals surface area contributed by atoms with Crippen molar-refractivity contribution < 1.29 is 14.9 Å². The number of aliphatic hydroxyl groups excluding tert-OH is 2. The lowest BCUT2D eigenvalue weighted by Gasteiger charge is -2.18. The first-order valence-corrected chi connectivity index (χ1v) is 7.37. The molecule has 0 bridgehead atoms. The van der Waals surface area contributed by atoms with Gasteiger partial charge in [-0.05, 0) is 17.9 Å². The maximum absolute atomic E-state index is 9.95. The Balaban J connectivity index is 1.89. The van der Waals surface area contributed by atoms with Gasteiger partial charge in [-0.2, -0.15) is 0 Å². The van der Waals surface area contributed by atoms with Crippen LogP contribution >= 0.6 is 0 Å². The molecule has 0 aliphatic heterocycles. The molecule has 3 N–H and O–H groups in total. The molecule has 4 nitrogen and oxygen atoms in total. The summed E-state index contributed by atoms with van der Waals surface area (Å²) >= 11 is 0. The average Bonchev–Trinajstić information content (AvgIpc) is 2.53. The van der Waals surface area contributed by atoms with Crippen molar-refractivity contribution in [1.29, 1.82) is 0 Å². The number of nitrogens with one attached hydrogen (secondary N) is 1. The highest BCUT2D eigenvalue weighted by Crippen LogP contribution is 2.25. The van der Waals surface area contributed by atoms with Crippen LogP contribution in [0.4, 0.5) is 0 Å². The summed E-state index contributed by atoms with van der Waals surface area (Å²) in [7, 11) is 0. The first kappa shape index (κ1) is 15.8. The Labute approximate surface area is 125 Å². The van der Waals surface area contributed by atoms with E-state index >= 15 is 0 Å². The summed E-state index contributed by atoms with van der Waals surface area (Å²) in [5.74, 6) is 0.779. The fourth-order valence-corrected chi connectivity index (χ4v) is 2.21. The zero-order valence-electron chi connectivity index (χ0n) is 12.3. The van der Waals surface area contributed by atoms with Gasteiger partial charge in [-0.1, -0.05) is 43.3 Å². The predicted octanol–water partition coefficient (Wildman–Crippen LogP) is 1.94. The van der Waals surface area contributed by atoms with Crippen molar-refractivity contribution in [2.75, 3.05) is 19.8 Å². The van der Waals surface area contributed by atoms with E-state index in [1.807, 2.05) is 49.4 Å². The first-order chi connectivity index (χ1) is 10.2. The first-order valence-electron chi connectivity index (χ1n) is 7.37. The van der Waals surface area contributed by atoms with E-state index < -0.39 is 6.10 Å². The second-order valence-electron chi connectivity index (χ2n) is 5.14. The highest BCUT2D eigenvalue weighted by molar-refractivity contribution is 5.88. The Kier molecular flexibility index (Phi) is 5.99. The Morgan fingerprint density at radius 3 is 2.67 bits per heavy atom. The summed E-state index contributed by atoms with van der Waals surface area (Å²) in [6.45, 7) is 2.70. The van der Waals surface area contributed by atoms with Crippen LogP contribution in [0.2, 0.25) is 0 Å².